The van der Waals surface area contributed by atoms with Crippen LogP contribution in [0.2, 0.25) is 0 Å². The minimum Gasteiger partial charge on any atom is -0.335 e. The van der Waals surface area contributed by atoms with Crippen molar-refractivity contribution in [3.05, 3.63) is 60.3 Å². The first-order valence-electron chi connectivity index (χ1n) is 8.31. The molecule has 128 valence electrons. The molecule has 0 saturated heterocycles. The minimum atomic E-state index is -0.108. The van der Waals surface area contributed by atoms with E-state index in [9.17, 15) is 9.59 Å². The lowest BCUT2D eigenvalue weighted by Crippen LogP contribution is -2.19. The first kappa shape index (κ1) is 16.8. The number of hydrogen-bond acceptors (Lipinski definition) is 2. The highest BCUT2D eigenvalue weighted by Gasteiger charge is 2.10. The molecular formula is C20H21N3O2. The van der Waals surface area contributed by atoms with Gasteiger partial charge in [0.15, 0.2) is 0 Å². The maximum atomic E-state index is 12.4. The Morgan fingerprint density at radius 2 is 1.60 bits per heavy atom. The number of nitrogens with one attached hydrogen (secondary N) is 2. The van der Waals surface area contributed by atoms with Crippen LogP contribution in [0, 0.1) is 6.92 Å². The number of amides is 2. The second-order valence-electron chi connectivity index (χ2n) is 5.96. The van der Waals surface area contributed by atoms with E-state index in [0.29, 0.717) is 17.8 Å². The lowest BCUT2D eigenvalue weighted by atomic mass is 10.2. The van der Waals surface area contributed by atoms with E-state index in [4.69, 9.17) is 0 Å². The average molecular weight is 335 g/mol. The molecule has 0 unspecified atom stereocenters. The van der Waals surface area contributed by atoms with Crippen LogP contribution in [0.5, 0.6) is 0 Å². The highest BCUT2D eigenvalue weighted by Crippen LogP contribution is 2.20. The molecule has 1 aromatic heterocycles. The molecule has 0 aliphatic rings. The molecule has 0 spiro atoms. The van der Waals surface area contributed by atoms with Crippen molar-refractivity contribution in [2.45, 2.75) is 26.8 Å². The summed E-state index contributed by atoms with van der Waals surface area (Å²) in [6.07, 6.45) is 0.413. The van der Waals surface area contributed by atoms with Crippen molar-refractivity contribution in [2.24, 2.45) is 0 Å². The van der Waals surface area contributed by atoms with E-state index < -0.39 is 0 Å². The number of rotatable bonds is 5. The quantitative estimate of drug-likeness (QED) is 0.742. The van der Waals surface area contributed by atoms with Gasteiger partial charge in [-0.2, -0.15) is 0 Å². The maximum Gasteiger partial charge on any atom is 0.244 e. The van der Waals surface area contributed by atoms with Gasteiger partial charge in [0, 0.05) is 29.0 Å². The van der Waals surface area contributed by atoms with Crippen molar-refractivity contribution >= 4 is 34.1 Å². The maximum absolute atomic E-state index is 12.4. The van der Waals surface area contributed by atoms with Gasteiger partial charge in [-0.1, -0.05) is 31.2 Å². The fraction of sp³-hybridized carbons (Fsp3) is 0.200. The van der Waals surface area contributed by atoms with E-state index in [1.165, 1.54) is 0 Å². The first-order valence-corrected chi connectivity index (χ1v) is 8.31. The van der Waals surface area contributed by atoms with Crippen molar-refractivity contribution in [1.82, 2.24) is 4.57 Å². The van der Waals surface area contributed by atoms with E-state index in [0.717, 1.165) is 16.6 Å². The summed E-state index contributed by atoms with van der Waals surface area (Å²) < 4.78 is 1.99. The van der Waals surface area contributed by atoms with Gasteiger partial charge < -0.3 is 15.2 Å². The zero-order valence-electron chi connectivity index (χ0n) is 14.4. The molecule has 0 radical (unpaired) electrons. The Bertz CT molecular complexity index is 928. The molecule has 5 heteroatoms. The van der Waals surface area contributed by atoms with Crippen LogP contribution in [0.25, 0.3) is 10.9 Å². The van der Waals surface area contributed by atoms with Crippen LogP contribution >= 0.6 is 0 Å². The fourth-order valence-electron chi connectivity index (χ4n) is 2.83. The van der Waals surface area contributed by atoms with Crippen molar-refractivity contribution < 1.29 is 9.59 Å². The molecule has 0 aliphatic carbocycles. The normalized spacial score (nSPS) is 10.6. The second kappa shape index (κ2) is 7.21. The summed E-state index contributed by atoms with van der Waals surface area (Å²) in [5, 5.41) is 6.80. The van der Waals surface area contributed by atoms with Crippen molar-refractivity contribution in [3.8, 4) is 0 Å². The van der Waals surface area contributed by atoms with Gasteiger partial charge >= 0.3 is 0 Å². The van der Waals surface area contributed by atoms with Crippen LogP contribution in [0.3, 0.4) is 0 Å². The molecule has 1 heterocycles. The summed E-state index contributed by atoms with van der Waals surface area (Å²) in [4.78, 5) is 23.9. The van der Waals surface area contributed by atoms with E-state index >= 15 is 0 Å². The molecule has 0 saturated carbocycles. The molecule has 5 nitrogen and oxygen atoms in total. The number of hydrogen-bond donors (Lipinski definition) is 2. The number of aromatic nitrogens is 1. The topological polar surface area (TPSA) is 63.1 Å². The third kappa shape index (κ3) is 3.88. The molecule has 2 aromatic carbocycles. The van der Waals surface area contributed by atoms with Gasteiger partial charge in [-0.3, -0.25) is 9.59 Å². The summed E-state index contributed by atoms with van der Waals surface area (Å²) in [6, 6.07) is 17.2. The highest BCUT2D eigenvalue weighted by atomic mass is 16.2. The van der Waals surface area contributed by atoms with Gasteiger partial charge in [-0.25, -0.2) is 0 Å². The molecule has 2 N–H and O–H groups in total. The number of para-hydroxylation sites is 1. The number of benzene rings is 2. The van der Waals surface area contributed by atoms with Crippen LogP contribution in [-0.4, -0.2) is 16.4 Å². The summed E-state index contributed by atoms with van der Waals surface area (Å²) in [5.41, 5.74) is 3.42. The first-order chi connectivity index (χ1) is 12.1. The van der Waals surface area contributed by atoms with Gasteiger partial charge in [-0.15, -0.1) is 0 Å². The highest BCUT2D eigenvalue weighted by molar-refractivity contribution is 5.94. The van der Waals surface area contributed by atoms with Gasteiger partial charge in [0.25, 0.3) is 0 Å². The Morgan fingerprint density at radius 3 is 2.32 bits per heavy atom. The van der Waals surface area contributed by atoms with Crippen LogP contribution in [-0.2, 0) is 16.1 Å². The van der Waals surface area contributed by atoms with E-state index in [1.807, 2.05) is 35.8 Å². The lowest BCUT2D eigenvalue weighted by molar-refractivity contribution is -0.117. The van der Waals surface area contributed by atoms with E-state index in [1.54, 1.807) is 31.2 Å². The van der Waals surface area contributed by atoms with Gasteiger partial charge in [0.05, 0.1) is 0 Å². The number of carbonyl (C=O) groups is 2. The Morgan fingerprint density at radius 1 is 0.920 bits per heavy atom. The molecular weight excluding hydrogens is 314 g/mol. The van der Waals surface area contributed by atoms with Gasteiger partial charge in [-0.05, 0) is 42.6 Å². The van der Waals surface area contributed by atoms with Crippen molar-refractivity contribution in [1.29, 1.82) is 0 Å². The monoisotopic (exact) mass is 335 g/mol. The van der Waals surface area contributed by atoms with Crippen LogP contribution in [0.4, 0.5) is 11.4 Å². The zero-order valence-corrected chi connectivity index (χ0v) is 14.4. The minimum absolute atomic E-state index is 0.0575. The predicted octanol–water partition coefficient (Wildman–Crippen LogP) is 3.94. The average Bonchev–Trinajstić information content (AvgIpc) is 2.90. The third-order valence-corrected chi connectivity index (χ3v) is 4.07. The number of nitrogens with zero attached hydrogens (tertiary/aromatic N) is 1. The largest absolute Gasteiger partial charge is 0.335 e. The van der Waals surface area contributed by atoms with Crippen LogP contribution in [0.15, 0.2) is 54.6 Å². The fourth-order valence-corrected chi connectivity index (χ4v) is 2.83. The van der Waals surface area contributed by atoms with Gasteiger partial charge in [0.1, 0.15) is 6.54 Å². The number of anilines is 2. The second-order valence-corrected chi connectivity index (χ2v) is 5.96. The third-order valence-electron chi connectivity index (χ3n) is 4.07. The SMILES string of the molecule is CCC(=O)Nc1cccc(NC(=O)Cn2c(C)cc3ccccc32)c1. The Balaban J connectivity index is 1.73. The Kier molecular flexibility index (Phi) is 4.84. The van der Waals surface area contributed by atoms with Crippen LogP contribution < -0.4 is 10.6 Å². The standard InChI is InChI=1S/C20H21N3O2/c1-3-19(24)21-16-8-6-9-17(12-16)22-20(25)13-23-14(2)11-15-7-4-5-10-18(15)23/h4-12H,3,13H2,1-2H3,(H,21,24)(H,22,25). The molecule has 3 aromatic rings. The Labute approximate surface area is 146 Å². The summed E-state index contributed by atoms with van der Waals surface area (Å²) in [7, 11) is 0. The summed E-state index contributed by atoms with van der Waals surface area (Å²) >= 11 is 0. The summed E-state index contributed by atoms with van der Waals surface area (Å²) in [5.74, 6) is -0.165. The molecule has 2 amide bonds. The molecule has 3 rings (SSSR count). The van der Waals surface area contributed by atoms with E-state index in [2.05, 4.69) is 16.7 Å². The van der Waals surface area contributed by atoms with E-state index in [-0.39, 0.29) is 18.4 Å². The Hall–Kier alpha value is -3.08. The molecule has 0 bridgehead atoms. The molecule has 0 atom stereocenters. The number of fused-ring (bicyclic) bond motifs is 1. The summed E-state index contributed by atoms with van der Waals surface area (Å²) in [6.45, 7) is 4.03. The molecule has 25 heavy (non-hydrogen) atoms. The van der Waals surface area contributed by atoms with Crippen LogP contribution in [0.1, 0.15) is 19.0 Å². The molecule has 0 fully saturated rings. The van der Waals surface area contributed by atoms with Gasteiger partial charge in [0.2, 0.25) is 11.8 Å². The van der Waals surface area contributed by atoms with Crippen molar-refractivity contribution in [3.63, 3.8) is 0 Å². The number of aryl methyl sites for hydroxylation is 1. The smallest absolute Gasteiger partial charge is 0.244 e. The predicted molar refractivity (Wildman–Crippen MR) is 101 cm³/mol. The lowest BCUT2D eigenvalue weighted by Gasteiger charge is -2.11. The zero-order chi connectivity index (χ0) is 17.8. The van der Waals surface area contributed by atoms with Crippen molar-refractivity contribution in [2.75, 3.05) is 10.6 Å². The molecule has 0 aliphatic heterocycles. The number of carbonyl (C=O) groups excluding carboxylic acids is 2.